The molecule has 0 bridgehead atoms. The molecule has 0 aromatic carbocycles. The van der Waals surface area contributed by atoms with Gasteiger partial charge >= 0.3 is 11.9 Å². The lowest BCUT2D eigenvalue weighted by molar-refractivity contribution is -0.148. The van der Waals surface area contributed by atoms with Crippen molar-refractivity contribution in [3.63, 3.8) is 0 Å². The van der Waals surface area contributed by atoms with Gasteiger partial charge in [-0.3, -0.25) is 9.59 Å². The van der Waals surface area contributed by atoms with Crippen LogP contribution >= 0.6 is 0 Å². The van der Waals surface area contributed by atoms with Crippen molar-refractivity contribution in [2.24, 2.45) is 5.92 Å². The number of halogens is 2. The molecule has 0 aliphatic carbocycles. The van der Waals surface area contributed by atoms with E-state index in [1.165, 1.54) is 17.1 Å². The zero-order chi connectivity index (χ0) is 21.2. The zero-order valence-corrected chi connectivity index (χ0v) is 16.7. The molecule has 1 aliphatic heterocycles. The molecule has 0 aromatic heterocycles. The molecule has 0 radical (unpaired) electrons. The van der Waals surface area contributed by atoms with Crippen molar-refractivity contribution in [2.75, 3.05) is 6.54 Å². The SMILES string of the molecule is CCC#CCC(C)C(O)/C=C/[C@H]1CC(F)(F)C(=O)N1CCCCCCC(=O)O. The minimum atomic E-state index is -3.39. The molecular weight excluding hydrogens is 368 g/mol. The van der Waals surface area contributed by atoms with Crippen LogP contribution in [0.5, 0.6) is 0 Å². The first-order valence-electron chi connectivity index (χ1n) is 9.91. The summed E-state index contributed by atoms with van der Waals surface area (Å²) in [6.07, 6.45) is 5.36. The van der Waals surface area contributed by atoms with E-state index in [9.17, 15) is 23.5 Å². The number of aliphatic hydroxyl groups is 1. The Kier molecular flexibility index (Phi) is 10.2. The highest BCUT2D eigenvalue weighted by Crippen LogP contribution is 2.34. The van der Waals surface area contributed by atoms with Crippen molar-refractivity contribution in [1.82, 2.24) is 4.90 Å². The van der Waals surface area contributed by atoms with Crippen molar-refractivity contribution in [1.29, 1.82) is 0 Å². The Hall–Kier alpha value is -1.94. The number of nitrogens with zero attached hydrogens (tertiary/aromatic N) is 1. The summed E-state index contributed by atoms with van der Waals surface area (Å²) in [4.78, 5) is 23.6. The number of amides is 1. The van der Waals surface area contributed by atoms with E-state index in [2.05, 4.69) is 11.8 Å². The van der Waals surface area contributed by atoms with E-state index in [0.29, 0.717) is 32.1 Å². The van der Waals surface area contributed by atoms with Crippen molar-refractivity contribution >= 4 is 11.9 Å². The van der Waals surface area contributed by atoms with E-state index < -0.39 is 36.4 Å². The Morgan fingerprint density at radius 3 is 2.64 bits per heavy atom. The molecule has 1 saturated heterocycles. The zero-order valence-electron chi connectivity index (χ0n) is 16.7. The molecule has 0 saturated carbocycles. The first-order chi connectivity index (χ1) is 13.2. The lowest BCUT2D eigenvalue weighted by Crippen LogP contribution is -2.36. The van der Waals surface area contributed by atoms with Gasteiger partial charge < -0.3 is 15.1 Å². The fraction of sp³-hybridized carbons (Fsp3) is 0.714. The lowest BCUT2D eigenvalue weighted by atomic mass is 9.99. The minimum absolute atomic E-state index is 0.0881. The maximum Gasteiger partial charge on any atom is 0.327 e. The van der Waals surface area contributed by atoms with E-state index in [-0.39, 0.29) is 18.9 Å². The second kappa shape index (κ2) is 11.8. The maximum atomic E-state index is 13.9. The topological polar surface area (TPSA) is 77.8 Å². The Balaban J connectivity index is 2.58. The number of carboxylic acid groups (broad SMARTS) is 1. The van der Waals surface area contributed by atoms with Crippen LogP contribution in [0.1, 0.15) is 65.2 Å². The quantitative estimate of drug-likeness (QED) is 0.316. The number of aliphatic hydroxyl groups excluding tert-OH is 1. The van der Waals surface area contributed by atoms with Gasteiger partial charge in [-0.05, 0) is 18.8 Å². The molecule has 1 aliphatic rings. The number of aliphatic carboxylic acids is 1. The van der Waals surface area contributed by atoms with Gasteiger partial charge in [0.2, 0.25) is 0 Å². The lowest BCUT2D eigenvalue weighted by Gasteiger charge is -2.22. The molecule has 0 aromatic rings. The fourth-order valence-corrected chi connectivity index (χ4v) is 3.08. The van der Waals surface area contributed by atoms with Crippen LogP contribution in [0.3, 0.4) is 0 Å². The molecule has 1 fully saturated rings. The van der Waals surface area contributed by atoms with Gasteiger partial charge in [-0.15, -0.1) is 11.8 Å². The first-order valence-corrected chi connectivity index (χ1v) is 9.91. The predicted octanol–water partition coefficient (Wildman–Crippen LogP) is 3.61. The number of rotatable bonds is 11. The highest BCUT2D eigenvalue weighted by Gasteiger charge is 2.52. The molecule has 3 atom stereocenters. The van der Waals surface area contributed by atoms with Crippen molar-refractivity contribution in [2.45, 2.75) is 83.3 Å². The summed E-state index contributed by atoms with van der Waals surface area (Å²) in [5, 5.41) is 18.8. The Morgan fingerprint density at radius 1 is 1.32 bits per heavy atom. The molecule has 1 amide bonds. The molecule has 2 N–H and O–H groups in total. The van der Waals surface area contributed by atoms with Gasteiger partial charge in [0.1, 0.15) is 0 Å². The molecule has 28 heavy (non-hydrogen) atoms. The largest absolute Gasteiger partial charge is 0.481 e. The van der Waals surface area contributed by atoms with Gasteiger partial charge in [-0.1, -0.05) is 38.8 Å². The second-order valence-corrected chi connectivity index (χ2v) is 7.30. The number of alkyl halides is 2. The average Bonchev–Trinajstić information content (AvgIpc) is 2.85. The third-order valence-corrected chi connectivity index (χ3v) is 4.82. The number of hydrogen-bond donors (Lipinski definition) is 2. The van der Waals surface area contributed by atoms with E-state index in [4.69, 9.17) is 5.11 Å². The van der Waals surface area contributed by atoms with Gasteiger partial charge in [-0.25, -0.2) is 0 Å². The van der Waals surface area contributed by atoms with Crippen molar-refractivity contribution < 1.29 is 28.6 Å². The molecule has 1 rings (SSSR count). The van der Waals surface area contributed by atoms with E-state index in [1.807, 2.05) is 13.8 Å². The highest BCUT2D eigenvalue weighted by atomic mass is 19.3. The monoisotopic (exact) mass is 399 g/mol. The average molecular weight is 399 g/mol. The predicted molar refractivity (Wildman–Crippen MR) is 103 cm³/mol. The minimum Gasteiger partial charge on any atom is -0.481 e. The fourth-order valence-electron chi connectivity index (χ4n) is 3.08. The Morgan fingerprint density at radius 2 is 2.00 bits per heavy atom. The summed E-state index contributed by atoms with van der Waals surface area (Å²) in [6, 6.07) is -0.745. The smallest absolute Gasteiger partial charge is 0.327 e. The molecular formula is C21H31F2NO4. The highest BCUT2D eigenvalue weighted by molar-refractivity contribution is 5.86. The van der Waals surface area contributed by atoms with Crippen molar-refractivity contribution in [3.8, 4) is 11.8 Å². The Labute approximate surface area is 165 Å². The van der Waals surface area contributed by atoms with Crippen LogP contribution in [-0.2, 0) is 9.59 Å². The van der Waals surface area contributed by atoms with Crippen LogP contribution in [0.15, 0.2) is 12.2 Å². The van der Waals surface area contributed by atoms with E-state index in [1.54, 1.807) is 0 Å². The summed E-state index contributed by atoms with van der Waals surface area (Å²) in [6.45, 7) is 3.97. The van der Waals surface area contributed by atoms with E-state index in [0.717, 1.165) is 6.42 Å². The van der Waals surface area contributed by atoms with Crippen LogP contribution in [0.2, 0.25) is 0 Å². The third-order valence-electron chi connectivity index (χ3n) is 4.82. The van der Waals surface area contributed by atoms with E-state index >= 15 is 0 Å². The summed E-state index contributed by atoms with van der Waals surface area (Å²) in [5.41, 5.74) is 0. The van der Waals surface area contributed by atoms with Crippen LogP contribution in [0, 0.1) is 17.8 Å². The normalized spacial score (nSPS) is 20.8. The van der Waals surface area contributed by atoms with Gasteiger partial charge in [0.25, 0.3) is 5.91 Å². The van der Waals surface area contributed by atoms with Crippen LogP contribution < -0.4 is 0 Å². The summed E-state index contributed by atoms with van der Waals surface area (Å²) in [7, 11) is 0. The summed E-state index contributed by atoms with van der Waals surface area (Å²) < 4.78 is 27.7. The number of likely N-dealkylation sites (tertiary alicyclic amines) is 1. The first kappa shape index (κ1) is 24.1. The molecule has 158 valence electrons. The molecule has 1 heterocycles. The van der Waals surface area contributed by atoms with Crippen LogP contribution in [-0.4, -0.2) is 51.6 Å². The molecule has 5 nitrogen and oxygen atoms in total. The standard InChI is InChI=1S/C21H31F2NO4/c1-3-4-7-10-16(2)18(25)13-12-17-15-21(22,23)20(28)24(17)14-9-6-5-8-11-19(26)27/h12-13,16-18,25H,3,5-6,8-11,14-15H2,1-2H3,(H,26,27)/b13-12+/t16?,17-,18?/m0/s1. The van der Waals surface area contributed by atoms with Gasteiger partial charge in [0.05, 0.1) is 12.1 Å². The number of carbonyl (C=O) groups excluding carboxylic acids is 1. The number of carbonyl (C=O) groups is 2. The summed E-state index contributed by atoms with van der Waals surface area (Å²) in [5.74, 6) is 0.341. The van der Waals surface area contributed by atoms with Crippen LogP contribution in [0.25, 0.3) is 0 Å². The van der Waals surface area contributed by atoms with Crippen molar-refractivity contribution in [3.05, 3.63) is 12.2 Å². The second-order valence-electron chi connectivity index (χ2n) is 7.30. The van der Waals surface area contributed by atoms with Gasteiger partial charge in [0.15, 0.2) is 0 Å². The summed E-state index contributed by atoms with van der Waals surface area (Å²) >= 11 is 0. The van der Waals surface area contributed by atoms with Gasteiger partial charge in [-0.2, -0.15) is 8.78 Å². The number of carboxylic acids is 1. The third kappa shape index (κ3) is 7.97. The molecule has 7 heteroatoms. The number of unbranched alkanes of at least 4 members (excludes halogenated alkanes) is 3. The van der Waals surface area contributed by atoms with Gasteiger partial charge in [0, 0.05) is 32.2 Å². The molecule has 2 unspecified atom stereocenters. The Bertz CT molecular complexity index is 609. The van der Waals surface area contributed by atoms with Crippen LogP contribution in [0.4, 0.5) is 8.78 Å². The molecule has 0 spiro atoms. The maximum absolute atomic E-state index is 13.9. The number of hydrogen-bond acceptors (Lipinski definition) is 3.